The van der Waals surface area contributed by atoms with Crippen LogP contribution in [0.25, 0.3) is 0 Å². The highest BCUT2D eigenvalue weighted by Gasteiger charge is 2.12. The maximum Gasteiger partial charge on any atom is 0.251 e. The zero-order valence-electron chi connectivity index (χ0n) is 13.5. The average molecular weight is 296 g/mol. The summed E-state index contributed by atoms with van der Waals surface area (Å²) >= 11 is 0. The number of benzene rings is 2. The quantitative estimate of drug-likeness (QED) is 0.882. The summed E-state index contributed by atoms with van der Waals surface area (Å²) in [5.41, 5.74) is 3.00. The van der Waals surface area contributed by atoms with Crippen LogP contribution in [-0.4, -0.2) is 26.5 Å². The minimum atomic E-state index is -0.0157. The van der Waals surface area contributed by atoms with E-state index in [1.165, 1.54) is 5.56 Å². The SMILES string of the molecule is CC[C@@H](CNC(=O)c1cccc(N(C)C)c1)c1ccccc1. The van der Waals surface area contributed by atoms with Gasteiger partial charge < -0.3 is 10.2 Å². The summed E-state index contributed by atoms with van der Waals surface area (Å²) in [5, 5.41) is 3.06. The minimum Gasteiger partial charge on any atom is -0.378 e. The van der Waals surface area contributed by atoms with Crippen molar-refractivity contribution in [3.8, 4) is 0 Å². The van der Waals surface area contributed by atoms with Crippen molar-refractivity contribution in [1.82, 2.24) is 5.32 Å². The first-order valence-corrected chi connectivity index (χ1v) is 7.72. The summed E-state index contributed by atoms with van der Waals surface area (Å²) < 4.78 is 0. The summed E-state index contributed by atoms with van der Waals surface area (Å²) in [6.45, 7) is 2.81. The molecular weight excluding hydrogens is 272 g/mol. The van der Waals surface area contributed by atoms with Crippen LogP contribution in [0, 0.1) is 0 Å². The lowest BCUT2D eigenvalue weighted by atomic mass is 9.96. The van der Waals surface area contributed by atoms with Crippen molar-refractivity contribution in [2.75, 3.05) is 25.5 Å². The highest BCUT2D eigenvalue weighted by atomic mass is 16.1. The topological polar surface area (TPSA) is 32.3 Å². The Morgan fingerprint density at radius 3 is 2.45 bits per heavy atom. The van der Waals surface area contributed by atoms with E-state index in [1.54, 1.807) is 0 Å². The third kappa shape index (κ3) is 4.10. The molecule has 0 spiro atoms. The number of hydrogen-bond donors (Lipinski definition) is 1. The van der Waals surface area contributed by atoms with Gasteiger partial charge in [-0.1, -0.05) is 43.3 Å². The molecule has 3 nitrogen and oxygen atoms in total. The second-order valence-electron chi connectivity index (χ2n) is 5.67. The smallest absolute Gasteiger partial charge is 0.251 e. The van der Waals surface area contributed by atoms with E-state index in [2.05, 4.69) is 24.4 Å². The molecule has 0 aliphatic carbocycles. The molecule has 0 aliphatic rings. The molecule has 0 saturated heterocycles. The zero-order chi connectivity index (χ0) is 15.9. The number of carbonyl (C=O) groups is 1. The first-order valence-electron chi connectivity index (χ1n) is 7.72. The lowest BCUT2D eigenvalue weighted by molar-refractivity contribution is 0.0951. The van der Waals surface area contributed by atoms with Crippen molar-refractivity contribution in [3.63, 3.8) is 0 Å². The Labute approximate surface area is 133 Å². The maximum absolute atomic E-state index is 12.3. The van der Waals surface area contributed by atoms with Crippen LogP contribution in [0.15, 0.2) is 54.6 Å². The molecule has 0 radical (unpaired) electrons. The number of amides is 1. The predicted molar refractivity (Wildman–Crippen MR) is 92.6 cm³/mol. The third-order valence-electron chi connectivity index (χ3n) is 3.90. The molecule has 2 aromatic rings. The van der Waals surface area contributed by atoms with Crippen LogP contribution < -0.4 is 10.2 Å². The third-order valence-corrected chi connectivity index (χ3v) is 3.90. The Balaban J connectivity index is 2.01. The lowest BCUT2D eigenvalue weighted by Gasteiger charge is -2.17. The number of rotatable bonds is 6. The summed E-state index contributed by atoms with van der Waals surface area (Å²) in [6, 6.07) is 18.0. The highest BCUT2D eigenvalue weighted by Crippen LogP contribution is 2.18. The summed E-state index contributed by atoms with van der Waals surface area (Å²) in [4.78, 5) is 14.3. The standard InChI is InChI=1S/C19H24N2O/c1-4-15(16-9-6-5-7-10-16)14-20-19(22)17-11-8-12-18(13-17)21(2)3/h5-13,15H,4,14H2,1-3H3,(H,20,22)/t15-/m0/s1. The normalized spacial score (nSPS) is 11.8. The van der Waals surface area contributed by atoms with Gasteiger partial charge in [-0.05, 0) is 30.2 Å². The molecular formula is C19H24N2O. The molecule has 0 aliphatic heterocycles. The molecule has 2 rings (SSSR count). The van der Waals surface area contributed by atoms with Crippen molar-refractivity contribution < 1.29 is 4.79 Å². The second kappa shape index (κ2) is 7.64. The van der Waals surface area contributed by atoms with Crippen LogP contribution in [0.1, 0.15) is 35.2 Å². The van der Waals surface area contributed by atoms with Crippen molar-refractivity contribution in [1.29, 1.82) is 0 Å². The summed E-state index contributed by atoms with van der Waals surface area (Å²) in [6.07, 6.45) is 1.00. The zero-order valence-corrected chi connectivity index (χ0v) is 13.5. The Morgan fingerprint density at radius 2 is 1.82 bits per heavy atom. The molecule has 0 fully saturated rings. The monoisotopic (exact) mass is 296 g/mol. The molecule has 1 N–H and O–H groups in total. The molecule has 2 aromatic carbocycles. The fourth-order valence-corrected chi connectivity index (χ4v) is 2.47. The van der Waals surface area contributed by atoms with E-state index in [1.807, 2.05) is 61.5 Å². The van der Waals surface area contributed by atoms with E-state index in [4.69, 9.17) is 0 Å². The Kier molecular flexibility index (Phi) is 5.59. The van der Waals surface area contributed by atoms with Crippen molar-refractivity contribution in [2.45, 2.75) is 19.3 Å². The summed E-state index contributed by atoms with van der Waals surface area (Å²) in [5.74, 6) is 0.334. The minimum absolute atomic E-state index is 0.0157. The number of hydrogen-bond acceptors (Lipinski definition) is 2. The van der Waals surface area contributed by atoms with E-state index >= 15 is 0 Å². The fourth-order valence-electron chi connectivity index (χ4n) is 2.47. The van der Waals surface area contributed by atoms with Gasteiger partial charge in [0.1, 0.15) is 0 Å². The fraction of sp³-hybridized carbons (Fsp3) is 0.316. The van der Waals surface area contributed by atoms with Crippen molar-refractivity contribution >= 4 is 11.6 Å². The number of nitrogens with one attached hydrogen (secondary N) is 1. The number of carbonyl (C=O) groups excluding carboxylic acids is 1. The van der Waals surface area contributed by atoms with Gasteiger partial charge in [-0.15, -0.1) is 0 Å². The molecule has 1 amide bonds. The van der Waals surface area contributed by atoms with Crippen LogP contribution in [0.3, 0.4) is 0 Å². The number of nitrogens with zero attached hydrogens (tertiary/aromatic N) is 1. The molecule has 0 saturated carbocycles. The van der Waals surface area contributed by atoms with Gasteiger partial charge in [0.25, 0.3) is 5.91 Å². The largest absolute Gasteiger partial charge is 0.378 e. The van der Waals surface area contributed by atoms with Crippen LogP contribution in [0.5, 0.6) is 0 Å². The first-order chi connectivity index (χ1) is 10.6. The maximum atomic E-state index is 12.3. The first kappa shape index (κ1) is 16.1. The molecule has 0 aromatic heterocycles. The molecule has 22 heavy (non-hydrogen) atoms. The van der Waals surface area contributed by atoms with Gasteiger partial charge in [0.15, 0.2) is 0 Å². The van der Waals surface area contributed by atoms with Gasteiger partial charge in [0, 0.05) is 37.8 Å². The molecule has 3 heteroatoms. The van der Waals surface area contributed by atoms with Gasteiger partial charge in [-0.25, -0.2) is 0 Å². The Morgan fingerprint density at radius 1 is 1.09 bits per heavy atom. The van der Waals surface area contributed by atoms with Gasteiger partial charge >= 0.3 is 0 Å². The van der Waals surface area contributed by atoms with Gasteiger partial charge in [-0.2, -0.15) is 0 Å². The van der Waals surface area contributed by atoms with E-state index in [0.29, 0.717) is 18.0 Å². The predicted octanol–water partition coefficient (Wildman–Crippen LogP) is 3.68. The number of anilines is 1. The van der Waals surface area contributed by atoms with Gasteiger partial charge in [-0.3, -0.25) is 4.79 Å². The Bertz CT molecular complexity index is 608. The van der Waals surface area contributed by atoms with E-state index in [9.17, 15) is 4.79 Å². The van der Waals surface area contributed by atoms with Crippen molar-refractivity contribution in [2.24, 2.45) is 0 Å². The molecule has 0 unspecified atom stereocenters. The van der Waals surface area contributed by atoms with Gasteiger partial charge in [0.2, 0.25) is 0 Å². The molecule has 0 heterocycles. The van der Waals surface area contributed by atoms with Crippen LogP contribution in [0.4, 0.5) is 5.69 Å². The lowest BCUT2D eigenvalue weighted by Crippen LogP contribution is -2.28. The molecule has 0 bridgehead atoms. The van der Waals surface area contributed by atoms with Crippen LogP contribution in [-0.2, 0) is 0 Å². The highest BCUT2D eigenvalue weighted by molar-refractivity contribution is 5.95. The van der Waals surface area contributed by atoms with E-state index in [0.717, 1.165) is 12.1 Å². The summed E-state index contributed by atoms with van der Waals surface area (Å²) in [7, 11) is 3.94. The second-order valence-corrected chi connectivity index (χ2v) is 5.67. The van der Waals surface area contributed by atoms with Crippen LogP contribution >= 0.6 is 0 Å². The average Bonchev–Trinajstić information content (AvgIpc) is 2.56. The van der Waals surface area contributed by atoms with Gasteiger partial charge in [0.05, 0.1) is 0 Å². The van der Waals surface area contributed by atoms with E-state index < -0.39 is 0 Å². The van der Waals surface area contributed by atoms with Crippen LogP contribution in [0.2, 0.25) is 0 Å². The van der Waals surface area contributed by atoms with Crippen molar-refractivity contribution in [3.05, 3.63) is 65.7 Å². The van der Waals surface area contributed by atoms with E-state index in [-0.39, 0.29) is 5.91 Å². The molecule has 1 atom stereocenters. The molecule has 116 valence electrons. The Hall–Kier alpha value is -2.29.